The second-order valence-electron chi connectivity index (χ2n) is 6.85. The van der Waals surface area contributed by atoms with E-state index in [1.54, 1.807) is 0 Å². The number of nitrogens with two attached hydrogens (primary N) is 1. The van der Waals surface area contributed by atoms with Gasteiger partial charge in [-0.25, -0.2) is 0 Å². The Morgan fingerprint density at radius 2 is 1.81 bits per heavy atom. The Bertz CT molecular complexity index is 548. The van der Waals surface area contributed by atoms with Crippen LogP contribution in [0.3, 0.4) is 0 Å². The molecule has 0 amide bonds. The van der Waals surface area contributed by atoms with Crippen molar-refractivity contribution in [2.75, 3.05) is 18.0 Å². The molecule has 0 aromatic carbocycles. The van der Waals surface area contributed by atoms with Crippen molar-refractivity contribution in [2.24, 2.45) is 11.1 Å². The fourth-order valence-electron chi connectivity index (χ4n) is 4.24. The molecule has 4 heteroatoms. The van der Waals surface area contributed by atoms with Gasteiger partial charge in [0.15, 0.2) is 0 Å². The maximum absolute atomic E-state index is 7.88. The van der Waals surface area contributed by atoms with E-state index in [2.05, 4.69) is 16.0 Å². The summed E-state index contributed by atoms with van der Waals surface area (Å²) in [6.45, 7) is 6.14. The molecule has 3 rings (SSSR count). The summed E-state index contributed by atoms with van der Waals surface area (Å²) in [4.78, 5) is 6.89. The number of amidine groups is 1. The number of pyridine rings is 1. The van der Waals surface area contributed by atoms with E-state index in [1.165, 1.54) is 38.5 Å². The van der Waals surface area contributed by atoms with Crippen LogP contribution in [-0.4, -0.2) is 23.9 Å². The lowest BCUT2D eigenvalue weighted by Crippen LogP contribution is -2.40. The molecule has 2 heterocycles. The molecule has 114 valence electrons. The highest BCUT2D eigenvalue weighted by molar-refractivity contribution is 6.01. The molecular weight excluding hydrogens is 260 g/mol. The molecule has 2 fully saturated rings. The molecule has 2 aliphatic rings. The summed E-state index contributed by atoms with van der Waals surface area (Å²) in [5.41, 5.74) is 10.2. The molecule has 1 spiro atoms. The minimum Gasteiger partial charge on any atom is -0.384 e. The van der Waals surface area contributed by atoms with E-state index in [1.807, 2.05) is 13.8 Å². The third-order valence-electron chi connectivity index (χ3n) is 5.41. The van der Waals surface area contributed by atoms with Crippen LogP contribution in [-0.2, 0) is 0 Å². The van der Waals surface area contributed by atoms with E-state index in [-0.39, 0.29) is 5.84 Å². The standard InChI is InChI=1S/C17H26N4/c1-12-11-14(15(16(18)19)13(2)20-12)21-9-7-17(8-10-21)5-3-4-6-17/h11H,3-10H2,1-2H3,(H3,18,19). The van der Waals surface area contributed by atoms with Crippen molar-refractivity contribution in [1.29, 1.82) is 5.41 Å². The molecule has 1 aliphatic heterocycles. The minimum absolute atomic E-state index is 0.135. The summed E-state index contributed by atoms with van der Waals surface area (Å²) in [6.07, 6.45) is 8.21. The van der Waals surface area contributed by atoms with E-state index in [0.717, 1.165) is 35.7 Å². The Kier molecular flexibility index (Phi) is 3.64. The lowest BCUT2D eigenvalue weighted by atomic mass is 9.77. The maximum atomic E-state index is 7.88. The Balaban J connectivity index is 1.86. The van der Waals surface area contributed by atoms with Crippen LogP contribution >= 0.6 is 0 Å². The first kappa shape index (κ1) is 14.4. The second-order valence-corrected chi connectivity index (χ2v) is 6.85. The van der Waals surface area contributed by atoms with Crippen molar-refractivity contribution < 1.29 is 0 Å². The van der Waals surface area contributed by atoms with Crippen molar-refractivity contribution in [3.63, 3.8) is 0 Å². The normalized spacial score (nSPS) is 21.0. The Labute approximate surface area is 127 Å². The fourth-order valence-corrected chi connectivity index (χ4v) is 4.24. The van der Waals surface area contributed by atoms with Gasteiger partial charge in [0.25, 0.3) is 0 Å². The molecule has 0 atom stereocenters. The van der Waals surface area contributed by atoms with E-state index in [0.29, 0.717) is 5.41 Å². The van der Waals surface area contributed by atoms with Crippen molar-refractivity contribution in [3.8, 4) is 0 Å². The number of nitrogens with one attached hydrogen (secondary N) is 1. The van der Waals surface area contributed by atoms with Crippen LogP contribution in [0.15, 0.2) is 6.07 Å². The summed E-state index contributed by atoms with van der Waals surface area (Å²) < 4.78 is 0. The van der Waals surface area contributed by atoms with Gasteiger partial charge in [0.05, 0.1) is 16.9 Å². The van der Waals surface area contributed by atoms with Gasteiger partial charge in [-0.15, -0.1) is 0 Å². The molecule has 1 aromatic rings. The van der Waals surface area contributed by atoms with Crippen molar-refractivity contribution in [3.05, 3.63) is 23.0 Å². The number of hydrogen-bond acceptors (Lipinski definition) is 3. The third kappa shape index (κ3) is 2.63. The molecule has 1 aliphatic carbocycles. The van der Waals surface area contributed by atoms with Gasteiger partial charge in [-0.2, -0.15) is 0 Å². The number of hydrogen-bond donors (Lipinski definition) is 2. The third-order valence-corrected chi connectivity index (χ3v) is 5.41. The van der Waals surface area contributed by atoms with Gasteiger partial charge in [0, 0.05) is 18.8 Å². The highest BCUT2D eigenvalue weighted by Crippen LogP contribution is 2.46. The topological polar surface area (TPSA) is 66.0 Å². The van der Waals surface area contributed by atoms with Crippen LogP contribution in [0.4, 0.5) is 5.69 Å². The number of anilines is 1. The lowest BCUT2D eigenvalue weighted by Gasteiger charge is -2.41. The van der Waals surface area contributed by atoms with Gasteiger partial charge in [0.2, 0.25) is 0 Å². The van der Waals surface area contributed by atoms with Crippen molar-refractivity contribution >= 4 is 11.5 Å². The monoisotopic (exact) mass is 286 g/mol. The zero-order valence-corrected chi connectivity index (χ0v) is 13.2. The number of nitrogen functional groups attached to an aromatic ring is 1. The zero-order chi connectivity index (χ0) is 15.0. The second kappa shape index (κ2) is 5.32. The first-order chi connectivity index (χ1) is 10.0. The van der Waals surface area contributed by atoms with Gasteiger partial charge >= 0.3 is 0 Å². The summed E-state index contributed by atoms with van der Waals surface area (Å²) in [5, 5.41) is 7.88. The average molecular weight is 286 g/mol. The molecule has 21 heavy (non-hydrogen) atoms. The molecule has 1 saturated heterocycles. The molecule has 0 unspecified atom stereocenters. The Morgan fingerprint density at radius 1 is 1.19 bits per heavy atom. The van der Waals surface area contributed by atoms with Gasteiger partial charge in [-0.05, 0) is 51.0 Å². The van der Waals surface area contributed by atoms with Crippen LogP contribution < -0.4 is 10.6 Å². The molecular formula is C17H26N4. The number of aryl methyl sites for hydroxylation is 2. The predicted octanol–water partition coefficient (Wildman–Crippen LogP) is 3.14. The van der Waals surface area contributed by atoms with E-state index < -0.39 is 0 Å². The highest BCUT2D eigenvalue weighted by atomic mass is 15.1. The quantitative estimate of drug-likeness (QED) is 0.648. The van der Waals surface area contributed by atoms with Crippen molar-refractivity contribution in [1.82, 2.24) is 4.98 Å². The average Bonchev–Trinajstić information content (AvgIpc) is 2.86. The van der Waals surface area contributed by atoms with Gasteiger partial charge in [-0.3, -0.25) is 10.4 Å². The molecule has 0 radical (unpaired) electrons. The maximum Gasteiger partial charge on any atom is 0.126 e. The predicted molar refractivity (Wildman–Crippen MR) is 87.1 cm³/mol. The SMILES string of the molecule is Cc1cc(N2CCC3(CCCC3)CC2)c(C(=N)N)c(C)n1. The van der Waals surface area contributed by atoms with Crippen LogP contribution in [0.1, 0.15) is 55.5 Å². The van der Waals surface area contributed by atoms with E-state index in [4.69, 9.17) is 11.1 Å². The van der Waals surface area contributed by atoms with Crippen LogP contribution in [0.2, 0.25) is 0 Å². The van der Waals surface area contributed by atoms with E-state index in [9.17, 15) is 0 Å². The van der Waals surface area contributed by atoms with Crippen LogP contribution in [0.5, 0.6) is 0 Å². The lowest BCUT2D eigenvalue weighted by molar-refractivity contribution is 0.226. The van der Waals surface area contributed by atoms with E-state index >= 15 is 0 Å². The molecule has 1 aromatic heterocycles. The summed E-state index contributed by atoms with van der Waals surface area (Å²) in [6, 6.07) is 2.09. The molecule has 4 nitrogen and oxygen atoms in total. The fraction of sp³-hybridized carbons (Fsp3) is 0.647. The number of nitrogens with zero attached hydrogens (tertiary/aromatic N) is 2. The van der Waals surface area contributed by atoms with Gasteiger partial charge < -0.3 is 10.6 Å². The number of aromatic nitrogens is 1. The molecule has 0 bridgehead atoms. The smallest absolute Gasteiger partial charge is 0.126 e. The first-order valence-electron chi connectivity index (χ1n) is 8.08. The summed E-state index contributed by atoms with van der Waals surface area (Å²) >= 11 is 0. The highest BCUT2D eigenvalue weighted by Gasteiger charge is 2.37. The van der Waals surface area contributed by atoms with Crippen LogP contribution in [0, 0.1) is 24.7 Å². The summed E-state index contributed by atoms with van der Waals surface area (Å²) in [7, 11) is 0. The van der Waals surface area contributed by atoms with Crippen molar-refractivity contribution in [2.45, 2.75) is 52.4 Å². The Morgan fingerprint density at radius 3 is 2.38 bits per heavy atom. The molecule has 1 saturated carbocycles. The summed E-state index contributed by atoms with van der Waals surface area (Å²) in [5.74, 6) is 0.135. The first-order valence-corrected chi connectivity index (χ1v) is 8.08. The Hall–Kier alpha value is -1.58. The van der Waals surface area contributed by atoms with Gasteiger partial charge in [-0.1, -0.05) is 12.8 Å². The zero-order valence-electron chi connectivity index (χ0n) is 13.2. The number of rotatable bonds is 2. The largest absolute Gasteiger partial charge is 0.384 e. The minimum atomic E-state index is 0.135. The number of piperidine rings is 1. The van der Waals surface area contributed by atoms with Crippen LogP contribution in [0.25, 0.3) is 0 Å². The van der Waals surface area contributed by atoms with Gasteiger partial charge in [0.1, 0.15) is 5.84 Å². The molecule has 3 N–H and O–H groups in total.